The van der Waals surface area contributed by atoms with E-state index in [0.29, 0.717) is 0 Å². The molecule has 0 unspecified atom stereocenters. The van der Waals surface area contributed by atoms with Crippen LogP contribution in [0.3, 0.4) is 0 Å². The van der Waals surface area contributed by atoms with Crippen LogP contribution in [0.15, 0.2) is 37.1 Å². The van der Waals surface area contributed by atoms with Crippen molar-refractivity contribution < 1.29 is 4.74 Å². The fourth-order valence-electron chi connectivity index (χ4n) is 2.37. The van der Waals surface area contributed by atoms with Gasteiger partial charge in [-0.3, -0.25) is 9.88 Å². The van der Waals surface area contributed by atoms with Crippen LogP contribution in [-0.2, 0) is 11.3 Å². The number of morpholine rings is 1. The number of rotatable bonds is 4. The largest absolute Gasteiger partial charge is 0.379 e. The molecule has 0 aliphatic carbocycles. The van der Waals surface area contributed by atoms with Gasteiger partial charge in [-0.2, -0.15) is 0 Å². The molecule has 1 saturated heterocycles. The molecule has 0 aromatic carbocycles. The smallest absolute Gasteiger partial charge is 0.119 e. The lowest BCUT2D eigenvalue weighted by Gasteiger charge is -2.34. The Kier molecular flexibility index (Phi) is 3.81. The molecule has 2 aromatic rings. The van der Waals surface area contributed by atoms with E-state index in [1.807, 2.05) is 22.9 Å². The molecule has 0 amide bonds. The van der Waals surface area contributed by atoms with Crippen LogP contribution in [0.1, 0.15) is 11.7 Å². The van der Waals surface area contributed by atoms with Crippen molar-refractivity contribution in [3.8, 4) is 0 Å². The topological polar surface area (TPSA) is 56.1 Å². The van der Waals surface area contributed by atoms with Gasteiger partial charge in [0.05, 0.1) is 24.9 Å². The SMILES string of the molecule is c1ccc([C@H](Cn2cnnc2)N2CCOCC2)nc1. The highest BCUT2D eigenvalue weighted by molar-refractivity contribution is 5.09. The quantitative estimate of drug-likeness (QED) is 0.811. The van der Waals surface area contributed by atoms with E-state index in [4.69, 9.17) is 4.74 Å². The van der Waals surface area contributed by atoms with Gasteiger partial charge < -0.3 is 9.30 Å². The molecule has 1 aliphatic heterocycles. The van der Waals surface area contributed by atoms with Crippen LogP contribution in [0.2, 0.25) is 0 Å². The molecule has 3 rings (SSSR count). The summed E-state index contributed by atoms with van der Waals surface area (Å²) < 4.78 is 7.42. The third-order valence-corrected chi connectivity index (χ3v) is 3.37. The number of nitrogens with zero attached hydrogens (tertiary/aromatic N) is 5. The van der Waals surface area contributed by atoms with Crippen LogP contribution >= 0.6 is 0 Å². The number of hydrogen-bond donors (Lipinski definition) is 0. The molecule has 6 nitrogen and oxygen atoms in total. The van der Waals surface area contributed by atoms with Gasteiger partial charge >= 0.3 is 0 Å². The molecule has 100 valence electrons. The maximum atomic E-state index is 5.43. The summed E-state index contributed by atoms with van der Waals surface area (Å²) in [6.07, 6.45) is 5.34. The number of aromatic nitrogens is 4. The molecular formula is C13H17N5O. The van der Waals surface area contributed by atoms with Crippen molar-refractivity contribution in [1.29, 1.82) is 0 Å². The van der Waals surface area contributed by atoms with E-state index < -0.39 is 0 Å². The van der Waals surface area contributed by atoms with Gasteiger partial charge in [-0.05, 0) is 12.1 Å². The maximum absolute atomic E-state index is 5.43. The molecule has 1 atom stereocenters. The Hall–Kier alpha value is -1.79. The zero-order chi connectivity index (χ0) is 12.9. The zero-order valence-corrected chi connectivity index (χ0v) is 10.7. The maximum Gasteiger partial charge on any atom is 0.119 e. The molecule has 19 heavy (non-hydrogen) atoms. The van der Waals surface area contributed by atoms with Gasteiger partial charge in [0.1, 0.15) is 12.7 Å². The molecule has 0 radical (unpaired) electrons. The van der Waals surface area contributed by atoms with Gasteiger partial charge in [0.25, 0.3) is 0 Å². The third-order valence-electron chi connectivity index (χ3n) is 3.37. The standard InChI is InChI=1S/C13H17N5O/c1-2-4-14-12(3-1)13(9-17-10-15-16-11-17)18-5-7-19-8-6-18/h1-4,10-11,13H,5-9H2/t13-/m0/s1. The number of pyridine rings is 1. The molecular weight excluding hydrogens is 242 g/mol. The van der Waals surface area contributed by atoms with Gasteiger partial charge in [0.15, 0.2) is 0 Å². The predicted molar refractivity (Wildman–Crippen MR) is 69.4 cm³/mol. The van der Waals surface area contributed by atoms with Crippen LogP contribution < -0.4 is 0 Å². The monoisotopic (exact) mass is 259 g/mol. The summed E-state index contributed by atoms with van der Waals surface area (Å²) in [5, 5.41) is 7.73. The lowest BCUT2D eigenvalue weighted by atomic mass is 10.1. The van der Waals surface area contributed by atoms with Gasteiger partial charge in [-0.25, -0.2) is 0 Å². The second-order valence-electron chi connectivity index (χ2n) is 4.58. The van der Waals surface area contributed by atoms with Crippen LogP contribution in [0.25, 0.3) is 0 Å². The minimum atomic E-state index is 0.237. The highest BCUT2D eigenvalue weighted by Crippen LogP contribution is 2.21. The van der Waals surface area contributed by atoms with E-state index in [0.717, 1.165) is 38.5 Å². The first kappa shape index (κ1) is 12.3. The lowest BCUT2D eigenvalue weighted by molar-refractivity contribution is 0.0113. The Balaban J connectivity index is 1.82. The Labute approximate surface area is 112 Å². The fourth-order valence-corrected chi connectivity index (χ4v) is 2.37. The normalized spacial score (nSPS) is 18.3. The summed E-state index contributed by atoms with van der Waals surface area (Å²) in [6, 6.07) is 6.28. The first-order valence-electron chi connectivity index (χ1n) is 6.48. The average Bonchev–Trinajstić information content (AvgIpc) is 3.00. The summed E-state index contributed by atoms with van der Waals surface area (Å²) in [5.41, 5.74) is 1.08. The first-order valence-corrected chi connectivity index (χ1v) is 6.48. The molecule has 1 aliphatic rings. The minimum absolute atomic E-state index is 0.237. The number of ether oxygens (including phenoxy) is 1. The summed E-state index contributed by atoms with van der Waals surface area (Å²) >= 11 is 0. The zero-order valence-electron chi connectivity index (χ0n) is 10.7. The summed E-state index contributed by atoms with van der Waals surface area (Å²) in [6.45, 7) is 4.24. The van der Waals surface area contributed by atoms with Gasteiger partial charge in [-0.1, -0.05) is 6.07 Å². The molecule has 0 saturated carbocycles. The molecule has 6 heteroatoms. The van der Waals surface area contributed by atoms with E-state index in [2.05, 4.69) is 26.1 Å². The van der Waals surface area contributed by atoms with E-state index in [1.165, 1.54) is 0 Å². The van der Waals surface area contributed by atoms with Crippen molar-refractivity contribution in [3.05, 3.63) is 42.7 Å². The fraction of sp³-hybridized carbons (Fsp3) is 0.462. The average molecular weight is 259 g/mol. The molecule has 0 bridgehead atoms. The van der Waals surface area contributed by atoms with Crippen LogP contribution in [0, 0.1) is 0 Å². The van der Waals surface area contributed by atoms with E-state index in [1.54, 1.807) is 12.7 Å². The Morgan fingerprint density at radius 3 is 2.63 bits per heavy atom. The van der Waals surface area contributed by atoms with Crippen molar-refractivity contribution in [2.24, 2.45) is 0 Å². The second-order valence-corrected chi connectivity index (χ2v) is 4.58. The highest BCUT2D eigenvalue weighted by atomic mass is 16.5. The van der Waals surface area contributed by atoms with Gasteiger partial charge in [0, 0.05) is 25.8 Å². The van der Waals surface area contributed by atoms with E-state index in [9.17, 15) is 0 Å². The van der Waals surface area contributed by atoms with Crippen molar-refractivity contribution in [3.63, 3.8) is 0 Å². The molecule has 0 spiro atoms. The Bertz CT molecular complexity index is 481. The lowest BCUT2D eigenvalue weighted by Crippen LogP contribution is -2.40. The van der Waals surface area contributed by atoms with Crippen LogP contribution in [0.4, 0.5) is 0 Å². The molecule has 0 N–H and O–H groups in total. The predicted octanol–water partition coefficient (Wildman–Crippen LogP) is 0.747. The summed E-state index contributed by atoms with van der Waals surface area (Å²) in [4.78, 5) is 6.91. The molecule has 3 heterocycles. The summed E-state index contributed by atoms with van der Waals surface area (Å²) in [7, 11) is 0. The van der Waals surface area contributed by atoms with Crippen molar-refractivity contribution in [1.82, 2.24) is 24.6 Å². The Morgan fingerprint density at radius 2 is 1.95 bits per heavy atom. The van der Waals surface area contributed by atoms with Gasteiger partial charge in [-0.15, -0.1) is 10.2 Å². The minimum Gasteiger partial charge on any atom is -0.379 e. The number of hydrogen-bond acceptors (Lipinski definition) is 5. The van der Waals surface area contributed by atoms with E-state index in [-0.39, 0.29) is 6.04 Å². The first-order chi connectivity index (χ1) is 9.43. The second kappa shape index (κ2) is 5.90. The summed E-state index contributed by atoms with van der Waals surface area (Å²) in [5.74, 6) is 0. The van der Waals surface area contributed by atoms with Gasteiger partial charge in [0.2, 0.25) is 0 Å². The van der Waals surface area contributed by atoms with Crippen molar-refractivity contribution >= 4 is 0 Å². The Morgan fingerprint density at radius 1 is 1.16 bits per heavy atom. The van der Waals surface area contributed by atoms with E-state index >= 15 is 0 Å². The van der Waals surface area contributed by atoms with Crippen molar-refractivity contribution in [2.75, 3.05) is 26.3 Å². The van der Waals surface area contributed by atoms with Crippen LogP contribution in [0.5, 0.6) is 0 Å². The van der Waals surface area contributed by atoms with Crippen LogP contribution in [-0.4, -0.2) is 51.0 Å². The molecule has 2 aromatic heterocycles. The van der Waals surface area contributed by atoms with Crippen molar-refractivity contribution in [2.45, 2.75) is 12.6 Å². The highest BCUT2D eigenvalue weighted by Gasteiger charge is 2.23. The molecule has 1 fully saturated rings. The third kappa shape index (κ3) is 2.97.